The van der Waals surface area contributed by atoms with Crippen molar-refractivity contribution in [3.63, 3.8) is 0 Å². The van der Waals surface area contributed by atoms with Crippen LogP contribution in [0, 0.1) is 5.92 Å². The fourth-order valence-corrected chi connectivity index (χ4v) is 3.36. The molecule has 0 aliphatic carbocycles. The minimum absolute atomic E-state index is 0.264. The third-order valence-electron chi connectivity index (χ3n) is 4.70. The van der Waals surface area contributed by atoms with E-state index in [2.05, 4.69) is 37.5 Å². The van der Waals surface area contributed by atoms with Crippen LogP contribution in [0.3, 0.4) is 0 Å². The lowest BCUT2D eigenvalue weighted by Gasteiger charge is -2.47. The zero-order valence-corrected chi connectivity index (χ0v) is 13.6. The van der Waals surface area contributed by atoms with Crippen LogP contribution in [0.25, 0.3) is 0 Å². The van der Waals surface area contributed by atoms with E-state index in [9.17, 15) is 0 Å². The van der Waals surface area contributed by atoms with E-state index in [-0.39, 0.29) is 5.54 Å². The summed E-state index contributed by atoms with van der Waals surface area (Å²) in [6.45, 7) is 16.1. The Morgan fingerprint density at radius 1 is 1.11 bits per heavy atom. The Bertz CT molecular complexity index is 228. The molecule has 0 amide bonds. The number of piperazine rings is 1. The first-order valence-electron chi connectivity index (χ1n) is 8.25. The van der Waals surface area contributed by atoms with Crippen LogP contribution in [0.4, 0.5) is 0 Å². The van der Waals surface area contributed by atoms with Gasteiger partial charge in [-0.25, -0.2) is 0 Å². The van der Waals surface area contributed by atoms with Crippen LogP contribution in [-0.4, -0.2) is 54.6 Å². The minimum Gasteiger partial charge on any atom is -0.329 e. The Kier molecular flexibility index (Phi) is 7.33. The molecule has 0 radical (unpaired) electrons. The molecule has 1 fully saturated rings. The van der Waals surface area contributed by atoms with Crippen molar-refractivity contribution in [2.75, 3.05) is 39.3 Å². The first-order chi connectivity index (χ1) is 9.07. The largest absolute Gasteiger partial charge is 0.329 e. The molecule has 2 N–H and O–H groups in total. The van der Waals surface area contributed by atoms with E-state index in [4.69, 9.17) is 5.73 Å². The van der Waals surface area contributed by atoms with Gasteiger partial charge >= 0.3 is 0 Å². The summed E-state index contributed by atoms with van der Waals surface area (Å²) in [7, 11) is 0. The maximum atomic E-state index is 6.15. The summed E-state index contributed by atoms with van der Waals surface area (Å²) in [6, 6.07) is 0. The Morgan fingerprint density at radius 2 is 1.74 bits per heavy atom. The normalized spacial score (nSPS) is 21.8. The number of unbranched alkanes of at least 4 members (excludes halogenated alkanes) is 1. The van der Waals surface area contributed by atoms with E-state index in [0.29, 0.717) is 0 Å². The molecular weight excluding hydrogens is 234 g/mol. The Labute approximate surface area is 120 Å². The van der Waals surface area contributed by atoms with Gasteiger partial charge in [-0.15, -0.1) is 0 Å². The van der Waals surface area contributed by atoms with Crippen molar-refractivity contribution in [3.8, 4) is 0 Å². The molecule has 0 aromatic heterocycles. The Balaban J connectivity index is 2.54. The first-order valence-corrected chi connectivity index (χ1v) is 8.25. The predicted molar refractivity (Wildman–Crippen MR) is 84.5 cm³/mol. The average Bonchev–Trinajstić information content (AvgIpc) is 2.41. The summed E-state index contributed by atoms with van der Waals surface area (Å²) in [5, 5.41) is 0. The Hall–Kier alpha value is -0.120. The van der Waals surface area contributed by atoms with Crippen LogP contribution in [0.5, 0.6) is 0 Å². The number of nitrogens with zero attached hydrogens (tertiary/aromatic N) is 2. The van der Waals surface area contributed by atoms with E-state index >= 15 is 0 Å². The van der Waals surface area contributed by atoms with Gasteiger partial charge in [0.25, 0.3) is 0 Å². The lowest BCUT2D eigenvalue weighted by atomic mass is 9.87. The molecule has 1 unspecified atom stereocenters. The van der Waals surface area contributed by atoms with Crippen molar-refractivity contribution in [1.29, 1.82) is 0 Å². The number of rotatable bonds is 8. The first kappa shape index (κ1) is 16.9. The molecule has 0 aromatic rings. The second-order valence-electron chi connectivity index (χ2n) is 6.57. The van der Waals surface area contributed by atoms with Gasteiger partial charge in [0.15, 0.2) is 0 Å². The molecule has 1 saturated heterocycles. The summed E-state index contributed by atoms with van der Waals surface area (Å²) >= 11 is 0. The highest BCUT2D eigenvalue weighted by molar-refractivity contribution is 4.93. The number of nitrogens with two attached hydrogens (primary N) is 1. The van der Waals surface area contributed by atoms with Crippen molar-refractivity contribution in [2.24, 2.45) is 11.7 Å². The summed E-state index contributed by atoms with van der Waals surface area (Å²) in [6.07, 6.45) is 5.03. The molecule has 3 nitrogen and oxygen atoms in total. The van der Waals surface area contributed by atoms with Crippen molar-refractivity contribution < 1.29 is 0 Å². The highest BCUT2D eigenvalue weighted by Crippen LogP contribution is 2.26. The van der Waals surface area contributed by atoms with E-state index in [1.807, 2.05) is 0 Å². The van der Waals surface area contributed by atoms with Crippen LogP contribution >= 0.6 is 0 Å². The average molecular weight is 269 g/mol. The molecule has 3 heteroatoms. The van der Waals surface area contributed by atoms with E-state index in [1.165, 1.54) is 58.4 Å². The molecule has 0 spiro atoms. The topological polar surface area (TPSA) is 32.5 Å². The second kappa shape index (κ2) is 8.23. The van der Waals surface area contributed by atoms with Crippen molar-refractivity contribution >= 4 is 0 Å². The predicted octanol–water partition coefficient (Wildman–Crippen LogP) is 2.56. The summed E-state index contributed by atoms with van der Waals surface area (Å²) in [4.78, 5) is 5.29. The van der Waals surface area contributed by atoms with Crippen molar-refractivity contribution in [1.82, 2.24) is 9.80 Å². The quantitative estimate of drug-likeness (QED) is 0.735. The zero-order valence-electron chi connectivity index (χ0n) is 13.6. The fourth-order valence-electron chi connectivity index (χ4n) is 3.36. The van der Waals surface area contributed by atoms with Crippen LogP contribution in [0.1, 0.15) is 53.4 Å². The highest BCUT2D eigenvalue weighted by Gasteiger charge is 2.34. The molecule has 1 atom stereocenters. The van der Waals surface area contributed by atoms with Gasteiger partial charge in [0.2, 0.25) is 0 Å². The molecule has 1 heterocycles. The van der Waals surface area contributed by atoms with Gasteiger partial charge in [0.05, 0.1) is 0 Å². The molecule has 114 valence electrons. The Morgan fingerprint density at radius 3 is 2.16 bits per heavy atom. The van der Waals surface area contributed by atoms with Crippen LogP contribution in [-0.2, 0) is 0 Å². The maximum absolute atomic E-state index is 6.15. The van der Waals surface area contributed by atoms with E-state index in [0.717, 1.165) is 12.5 Å². The van der Waals surface area contributed by atoms with Gasteiger partial charge in [0, 0.05) is 44.8 Å². The van der Waals surface area contributed by atoms with Gasteiger partial charge in [-0.1, -0.05) is 40.5 Å². The molecule has 0 aromatic carbocycles. The van der Waals surface area contributed by atoms with Crippen LogP contribution < -0.4 is 5.73 Å². The lowest BCUT2D eigenvalue weighted by Crippen LogP contribution is -2.60. The smallest absolute Gasteiger partial charge is 0.0330 e. The molecular formula is C16H35N3. The fraction of sp³-hybridized carbons (Fsp3) is 1.00. The standard InChI is InChI=1S/C16H35N3/c1-5-7-8-16(6-2,14-17)19-11-9-18(10-12-19)13-15(3)4/h15H,5-14,17H2,1-4H3. The van der Waals surface area contributed by atoms with Gasteiger partial charge in [-0.2, -0.15) is 0 Å². The summed E-state index contributed by atoms with van der Waals surface area (Å²) < 4.78 is 0. The third-order valence-corrected chi connectivity index (χ3v) is 4.70. The van der Waals surface area contributed by atoms with Crippen molar-refractivity contribution in [3.05, 3.63) is 0 Å². The minimum atomic E-state index is 0.264. The molecule has 19 heavy (non-hydrogen) atoms. The van der Waals surface area contributed by atoms with Gasteiger partial charge in [-0.3, -0.25) is 4.90 Å². The van der Waals surface area contributed by atoms with Gasteiger partial charge < -0.3 is 10.6 Å². The van der Waals surface area contributed by atoms with E-state index < -0.39 is 0 Å². The zero-order chi connectivity index (χ0) is 14.3. The van der Waals surface area contributed by atoms with E-state index in [1.54, 1.807) is 0 Å². The van der Waals surface area contributed by atoms with Crippen LogP contribution in [0.15, 0.2) is 0 Å². The molecule has 0 bridgehead atoms. The monoisotopic (exact) mass is 269 g/mol. The summed E-state index contributed by atoms with van der Waals surface area (Å²) in [5.41, 5.74) is 6.41. The summed E-state index contributed by atoms with van der Waals surface area (Å²) in [5.74, 6) is 0.775. The molecule has 1 aliphatic rings. The SMILES string of the molecule is CCCCC(CC)(CN)N1CCN(CC(C)C)CC1. The van der Waals surface area contributed by atoms with Gasteiger partial charge in [0.1, 0.15) is 0 Å². The lowest BCUT2D eigenvalue weighted by molar-refractivity contribution is 0.0234. The number of hydrogen-bond acceptors (Lipinski definition) is 3. The van der Waals surface area contributed by atoms with Gasteiger partial charge in [-0.05, 0) is 18.8 Å². The second-order valence-corrected chi connectivity index (χ2v) is 6.57. The van der Waals surface area contributed by atoms with Crippen molar-refractivity contribution in [2.45, 2.75) is 58.9 Å². The highest BCUT2D eigenvalue weighted by atomic mass is 15.3. The number of hydrogen-bond donors (Lipinski definition) is 1. The maximum Gasteiger partial charge on any atom is 0.0330 e. The van der Waals surface area contributed by atoms with Crippen LogP contribution in [0.2, 0.25) is 0 Å². The molecule has 1 rings (SSSR count). The third kappa shape index (κ3) is 4.73. The molecule has 1 aliphatic heterocycles. The molecule has 0 saturated carbocycles.